The lowest BCUT2D eigenvalue weighted by Gasteiger charge is -2.14. The molecule has 0 aliphatic heterocycles. The molecule has 2 amide bonds. The van der Waals surface area contributed by atoms with E-state index in [9.17, 15) is 9.59 Å². The Morgan fingerprint density at radius 1 is 1.14 bits per heavy atom. The molecule has 120 valence electrons. The van der Waals surface area contributed by atoms with Crippen LogP contribution in [0.4, 0.5) is 5.69 Å². The predicted molar refractivity (Wildman–Crippen MR) is 87.0 cm³/mol. The number of aryl methyl sites for hydroxylation is 2. The lowest BCUT2D eigenvalue weighted by molar-refractivity contribution is -0.862. The van der Waals surface area contributed by atoms with Crippen LogP contribution in [0.2, 0.25) is 0 Å². The summed E-state index contributed by atoms with van der Waals surface area (Å²) in [5, 5.41) is 5.75. The van der Waals surface area contributed by atoms with Gasteiger partial charge in [0, 0.05) is 12.2 Å². The third kappa shape index (κ3) is 4.84. The summed E-state index contributed by atoms with van der Waals surface area (Å²) in [5.41, 5.74) is 3.60. The van der Waals surface area contributed by atoms with Gasteiger partial charge in [0.15, 0.2) is 13.1 Å². The number of amides is 2. The van der Waals surface area contributed by atoms with Crippen LogP contribution < -0.4 is 15.5 Å². The van der Waals surface area contributed by atoms with Crippen LogP contribution in [0.1, 0.15) is 30.9 Å². The Hall–Kier alpha value is -1.88. The maximum atomic E-state index is 12.1. The maximum Gasteiger partial charge on any atom is 0.279 e. The van der Waals surface area contributed by atoms with Gasteiger partial charge in [-0.25, -0.2) is 0 Å². The molecule has 1 unspecified atom stereocenters. The Morgan fingerprint density at radius 3 is 2.64 bits per heavy atom. The minimum absolute atomic E-state index is 0.00955. The number of benzene rings is 1. The largest absolute Gasteiger partial charge is 0.351 e. The molecule has 1 atom stereocenters. The van der Waals surface area contributed by atoms with Crippen LogP contribution in [0.25, 0.3) is 0 Å². The van der Waals surface area contributed by atoms with Crippen LogP contribution in [0, 0.1) is 0 Å². The first-order valence-electron chi connectivity index (χ1n) is 8.08. The molecule has 22 heavy (non-hydrogen) atoms. The zero-order chi connectivity index (χ0) is 15.9. The van der Waals surface area contributed by atoms with E-state index >= 15 is 0 Å². The molecule has 1 aromatic carbocycles. The first kappa shape index (κ1) is 16.5. The van der Waals surface area contributed by atoms with E-state index < -0.39 is 0 Å². The summed E-state index contributed by atoms with van der Waals surface area (Å²) in [4.78, 5) is 24.6. The van der Waals surface area contributed by atoms with Crippen LogP contribution in [0.15, 0.2) is 18.2 Å². The Kier molecular flexibility index (Phi) is 5.95. The zero-order valence-corrected chi connectivity index (χ0v) is 13.5. The van der Waals surface area contributed by atoms with Crippen molar-refractivity contribution in [1.82, 2.24) is 5.32 Å². The second-order valence-corrected chi connectivity index (χ2v) is 6.05. The summed E-state index contributed by atoms with van der Waals surface area (Å²) in [7, 11) is 1.85. The quantitative estimate of drug-likeness (QED) is 0.672. The molecular formula is C17H26N3O2+. The maximum absolute atomic E-state index is 12.1. The van der Waals surface area contributed by atoms with Gasteiger partial charge in [-0.05, 0) is 48.9 Å². The van der Waals surface area contributed by atoms with Gasteiger partial charge in [0.05, 0.1) is 7.05 Å². The number of carbonyl (C=O) groups is 2. The molecule has 1 aliphatic rings. The van der Waals surface area contributed by atoms with Crippen molar-refractivity contribution < 1.29 is 14.5 Å². The van der Waals surface area contributed by atoms with Crippen molar-refractivity contribution >= 4 is 17.5 Å². The average Bonchev–Trinajstić information content (AvgIpc) is 2.92. The van der Waals surface area contributed by atoms with E-state index in [1.54, 1.807) is 0 Å². The molecule has 5 heteroatoms. The van der Waals surface area contributed by atoms with Crippen LogP contribution in [0.3, 0.4) is 0 Å². The molecule has 1 aromatic rings. The lowest BCUT2D eigenvalue weighted by atomic mass is 10.1. The fourth-order valence-electron chi connectivity index (χ4n) is 2.79. The van der Waals surface area contributed by atoms with Crippen molar-refractivity contribution in [3.8, 4) is 0 Å². The SMILES string of the molecule is CCCNC(=O)C[NH+](C)CC(=O)Nc1ccc2c(c1)CCC2. The van der Waals surface area contributed by atoms with E-state index in [0.29, 0.717) is 13.1 Å². The Labute approximate surface area is 132 Å². The van der Waals surface area contributed by atoms with Crippen molar-refractivity contribution in [3.63, 3.8) is 0 Å². The highest BCUT2D eigenvalue weighted by atomic mass is 16.2. The van der Waals surface area contributed by atoms with E-state index in [1.165, 1.54) is 17.5 Å². The number of rotatable bonds is 7. The van der Waals surface area contributed by atoms with E-state index in [-0.39, 0.29) is 18.4 Å². The third-order valence-corrected chi connectivity index (χ3v) is 3.88. The highest BCUT2D eigenvalue weighted by molar-refractivity contribution is 5.91. The second kappa shape index (κ2) is 7.94. The number of anilines is 1. The zero-order valence-electron chi connectivity index (χ0n) is 13.5. The van der Waals surface area contributed by atoms with Gasteiger partial charge < -0.3 is 15.5 Å². The topological polar surface area (TPSA) is 62.6 Å². The fraction of sp³-hybridized carbons (Fsp3) is 0.529. The Bertz CT molecular complexity index is 543. The van der Waals surface area contributed by atoms with Crippen LogP contribution in [-0.4, -0.2) is 38.5 Å². The predicted octanol–water partition coefficient (Wildman–Crippen LogP) is 0.155. The molecule has 3 N–H and O–H groups in total. The van der Waals surface area contributed by atoms with Gasteiger partial charge in [0.25, 0.3) is 11.8 Å². The van der Waals surface area contributed by atoms with Crippen molar-refractivity contribution in [2.45, 2.75) is 32.6 Å². The van der Waals surface area contributed by atoms with Crippen LogP contribution in [-0.2, 0) is 22.4 Å². The molecule has 0 spiro atoms. The Morgan fingerprint density at radius 2 is 1.86 bits per heavy atom. The normalized spacial score (nSPS) is 14.3. The van der Waals surface area contributed by atoms with E-state index in [2.05, 4.69) is 22.8 Å². The standard InChI is InChI=1S/C17H25N3O2/c1-3-9-18-16(21)11-20(2)12-17(22)19-15-8-7-13-5-4-6-14(13)10-15/h7-8,10H,3-6,9,11-12H2,1-2H3,(H,18,21)(H,19,22)/p+1. The highest BCUT2D eigenvalue weighted by Crippen LogP contribution is 2.24. The minimum Gasteiger partial charge on any atom is -0.351 e. The van der Waals surface area contributed by atoms with Crippen molar-refractivity contribution in [2.75, 3.05) is 32.0 Å². The summed E-state index contributed by atoms with van der Waals surface area (Å²) in [6, 6.07) is 6.14. The molecule has 5 nitrogen and oxygen atoms in total. The second-order valence-electron chi connectivity index (χ2n) is 6.05. The number of likely N-dealkylation sites (N-methyl/N-ethyl adjacent to an activating group) is 1. The van der Waals surface area contributed by atoms with Gasteiger partial charge in [-0.2, -0.15) is 0 Å². The minimum atomic E-state index is -0.0567. The summed E-state index contributed by atoms with van der Waals surface area (Å²) in [5.74, 6) is -0.0663. The molecular weight excluding hydrogens is 278 g/mol. The third-order valence-electron chi connectivity index (χ3n) is 3.88. The van der Waals surface area contributed by atoms with Crippen molar-refractivity contribution in [1.29, 1.82) is 0 Å². The summed E-state index contributed by atoms with van der Waals surface area (Å²) in [6.07, 6.45) is 4.36. The molecule has 0 saturated heterocycles. The van der Waals surface area contributed by atoms with E-state index in [0.717, 1.165) is 29.8 Å². The van der Waals surface area contributed by atoms with Gasteiger partial charge in [-0.1, -0.05) is 13.0 Å². The molecule has 0 bridgehead atoms. The molecule has 0 aromatic heterocycles. The molecule has 0 heterocycles. The summed E-state index contributed by atoms with van der Waals surface area (Å²) in [6.45, 7) is 3.31. The highest BCUT2D eigenvalue weighted by Gasteiger charge is 2.15. The molecule has 2 rings (SSSR count). The number of fused-ring (bicyclic) bond motifs is 1. The van der Waals surface area contributed by atoms with Gasteiger partial charge in [-0.15, -0.1) is 0 Å². The van der Waals surface area contributed by atoms with Gasteiger partial charge >= 0.3 is 0 Å². The van der Waals surface area contributed by atoms with Crippen molar-refractivity contribution in [2.24, 2.45) is 0 Å². The monoisotopic (exact) mass is 304 g/mol. The van der Waals surface area contributed by atoms with Crippen LogP contribution >= 0.6 is 0 Å². The fourth-order valence-corrected chi connectivity index (χ4v) is 2.79. The van der Waals surface area contributed by atoms with Crippen molar-refractivity contribution in [3.05, 3.63) is 29.3 Å². The molecule has 0 saturated carbocycles. The van der Waals surface area contributed by atoms with Gasteiger partial charge in [0.1, 0.15) is 0 Å². The van der Waals surface area contributed by atoms with E-state index in [4.69, 9.17) is 0 Å². The number of carbonyl (C=O) groups excluding carboxylic acids is 2. The molecule has 0 radical (unpaired) electrons. The summed E-state index contributed by atoms with van der Waals surface area (Å²) < 4.78 is 0. The average molecular weight is 304 g/mol. The number of nitrogens with one attached hydrogen (secondary N) is 3. The molecule has 1 aliphatic carbocycles. The number of hydrogen-bond donors (Lipinski definition) is 3. The van der Waals surface area contributed by atoms with Crippen LogP contribution in [0.5, 0.6) is 0 Å². The first-order valence-corrected chi connectivity index (χ1v) is 8.08. The van der Waals surface area contributed by atoms with Gasteiger partial charge in [-0.3, -0.25) is 9.59 Å². The number of hydrogen-bond acceptors (Lipinski definition) is 2. The molecule has 0 fully saturated rings. The lowest BCUT2D eigenvalue weighted by Crippen LogP contribution is -3.11. The summed E-state index contributed by atoms with van der Waals surface area (Å²) >= 11 is 0. The number of quaternary nitrogens is 1. The first-order chi connectivity index (χ1) is 10.6. The van der Waals surface area contributed by atoms with Gasteiger partial charge in [0.2, 0.25) is 0 Å². The smallest absolute Gasteiger partial charge is 0.279 e. The van der Waals surface area contributed by atoms with E-state index in [1.807, 2.05) is 20.0 Å². The Balaban J connectivity index is 1.78.